The molecule has 68 valence electrons. The maximum absolute atomic E-state index is 10.5. The number of halogens is 1. The summed E-state index contributed by atoms with van der Waals surface area (Å²) in [6.45, 7) is 0. The van der Waals surface area contributed by atoms with Crippen molar-refractivity contribution >= 4 is 23.5 Å². The molecule has 0 heterocycles. The second-order valence-corrected chi connectivity index (χ2v) is 2.66. The Morgan fingerprint density at radius 3 is 2.29 bits per heavy atom. The van der Waals surface area contributed by atoms with Crippen LogP contribution in [0.4, 0.5) is 0 Å². The standard InChI is InChI=1S/C8H5ClO4.Na/c9-5-3-1-2-4(7(10)11)6(5)8(12)13;/h1-3H,(H,10,11)(H,12,13);/q;+1/p-1. The monoisotopic (exact) mass is 222 g/mol. The zero-order chi connectivity index (χ0) is 10.0. The molecule has 6 heteroatoms. The SMILES string of the molecule is O=C(O)c1cccc(Cl)c1C(=O)[O-].[Na+]. The van der Waals surface area contributed by atoms with Crippen molar-refractivity contribution in [1.29, 1.82) is 0 Å². The van der Waals surface area contributed by atoms with Gasteiger partial charge in [-0.1, -0.05) is 17.7 Å². The Labute approximate surface area is 107 Å². The molecule has 0 bridgehead atoms. The van der Waals surface area contributed by atoms with E-state index in [1.165, 1.54) is 12.1 Å². The van der Waals surface area contributed by atoms with Crippen molar-refractivity contribution in [3.8, 4) is 0 Å². The number of carbonyl (C=O) groups is 2. The third-order valence-electron chi connectivity index (χ3n) is 1.45. The predicted molar refractivity (Wildman–Crippen MR) is 42.7 cm³/mol. The van der Waals surface area contributed by atoms with Crippen LogP contribution in [-0.4, -0.2) is 17.0 Å². The van der Waals surface area contributed by atoms with E-state index in [-0.39, 0.29) is 40.1 Å². The van der Waals surface area contributed by atoms with E-state index in [2.05, 4.69) is 0 Å². The van der Waals surface area contributed by atoms with Crippen LogP contribution in [0.1, 0.15) is 20.7 Å². The number of aromatic carboxylic acids is 2. The largest absolute Gasteiger partial charge is 1.00 e. The van der Waals surface area contributed by atoms with Crippen LogP contribution in [0.2, 0.25) is 5.02 Å². The van der Waals surface area contributed by atoms with Gasteiger partial charge in [0.1, 0.15) is 0 Å². The predicted octanol–water partition coefficient (Wildman–Crippen LogP) is -2.59. The molecule has 0 fully saturated rings. The summed E-state index contributed by atoms with van der Waals surface area (Å²) < 4.78 is 0. The van der Waals surface area contributed by atoms with Crippen LogP contribution in [0, 0.1) is 0 Å². The molecule has 0 saturated carbocycles. The van der Waals surface area contributed by atoms with Crippen LogP contribution in [0.25, 0.3) is 0 Å². The van der Waals surface area contributed by atoms with Crippen molar-refractivity contribution in [3.05, 3.63) is 34.3 Å². The number of carbonyl (C=O) groups excluding carboxylic acids is 1. The van der Waals surface area contributed by atoms with Crippen LogP contribution in [0.3, 0.4) is 0 Å². The van der Waals surface area contributed by atoms with Crippen molar-refractivity contribution in [1.82, 2.24) is 0 Å². The molecule has 1 N–H and O–H groups in total. The van der Waals surface area contributed by atoms with E-state index >= 15 is 0 Å². The maximum Gasteiger partial charge on any atom is 1.00 e. The van der Waals surface area contributed by atoms with Crippen molar-refractivity contribution < 1.29 is 49.4 Å². The van der Waals surface area contributed by atoms with Gasteiger partial charge in [0.2, 0.25) is 0 Å². The minimum Gasteiger partial charge on any atom is -0.545 e. The Morgan fingerprint density at radius 2 is 1.93 bits per heavy atom. The van der Waals surface area contributed by atoms with Gasteiger partial charge in [0, 0.05) is 5.56 Å². The third kappa shape index (κ3) is 2.72. The molecule has 0 spiro atoms. The van der Waals surface area contributed by atoms with Gasteiger partial charge in [0.25, 0.3) is 0 Å². The number of carboxylic acids is 2. The van der Waals surface area contributed by atoms with Crippen molar-refractivity contribution in [3.63, 3.8) is 0 Å². The van der Waals surface area contributed by atoms with Crippen molar-refractivity contribution in [2.24, 2.45) is 0 Å². The van der Waals surface area contributed by atoms with Gasteiger partial charge in [0.15, 0.2) is 0 Å². The molecule has 0 aliphatic carbocycles. The second-order valence-electron chi connectivity index (χ2n) is 2.26. The van der Waals surface area contributed by atoms with E-state index in [1.807, 2.05) is 0 Å². The van der Waals surface area contributed by atoms with Gasteiger partial charge in [-0.3, -0.25) is 0 Å². The van der Waals surface area contributed by atoms with Gasteiger partial charge < -0.3 is 15.0 Å². The Hall–Kier alpha value is -0.550. The van der Waals surface area contributed by atoms with Crippen molar-refractivity contribution in [2.45, 2.75) is 0 Å². The first kappa shape index (κ1) is 13.4. The van der Waals surface area contributed by atoms with Crippen LogP contribution in [-0.2, 0) is 0 Å². The average molecular weight is 223 g/mol. The van der Waals surface area contributed by atoms with Gasteiger partial charge in [-0.05, 0) is 12.1 Å². The van der Waals surface area contributed by atoms with E-state index in [9.17, 15) is 14.7 Å². The molecule has 0 saturated heterocycles. The van der Waals surface area contributed by atoms with Gasteiger partial charge >= 0.3 is 35.5 Å². The first-order valence-electron chi connectivity index (χ1n) is 3.27. The fraction of sp³-hybridized carbons (Fsp3) is 0. The smallest absolute Gasteiger partial charge is 0.545 e. The van der Waals surface area contributed by atoms with Gasteiger partial charge in [-0.2, -0.15) is 0 Å². The van der Waals surface area contributed by atoms with E-state index in [1.54, 1.807) is 0 Å². The minimum absolute atomic E-state index is 0. The summed E-state index contributed by atoms with van der Waals surface area (Å²) in [6, 6.07) is 3.80. The topological polar surface area (TPSA) is 77.4 Å². The van der Waals surface area contributed by atoms with Gasteiger partial charge in [-0.15, -0.1) is 0 Å². The quantitative estimate of drug-likeness (QED) is 0.557. The molecule has 14 heavy (non-hydrogen) atoms. The van der Waals surface area contributed by atoms with Crippen molar-refractivity contribution in [2.75, 3.05) is 0 Å². The molecule has 0 aliphatic heterocycles. The number of rotatable bonds is 2. The normalized spacial score (nSPS) is 8.93. The molecule has 4 nitrogen and oxygen atoms in total. The van der Waals surface area contributed by atoms with E-state index in [0.717, 1.165) is 6.07 Å². The molecule has 0 amide bonds. The zero-order valence-corrected chi connectivity index (χ0v) is 10.0. The van der Waals surface area contributed by atoms with E-state index < -0.39 is 17.5 Å². The molecule has 0 aliphatic rings. The fourth-order valence-electron chi connectivity index (χ4n) is 0.910. The molecule has 0 radical (unpaired) electrons. The summed E-state index contributed by atoms with van der Waals surface area (Å²) in [4.78, 5) is 21.0. The first-order valence-corrected chi connectivity index (χ1v) is 3.65. The number of hydrogen-bond donors (Lipinski definition) is 1. The molecular formula is C8H4ClNaO4. The maximum atomic E-state index is 10.5. The summed E-state index contributed by atoms with van der Waals surface area (Å²) >= 11 is 5.48. The molecular weight excluding hydrogens is 219 g/mol. The van der Waals surface area contributed by atoms with Gasteiger partial charge in [-0.25, -0.2) is 4.79 Å². The van der Waals surface area contributed by atoms with Gasteiger partial charge in [0.05, 0.1) is 16.6 Å². The van der Waals surface area contributed by atoms with Crippen LogP contribution in [0.5, 0.6) is 0 Å². The van der Waals surface area contributed by atoms with Crippen LogP contribution in [0.15, 0.2) is 18.2 Å². The average Bonchev–Trinajstić information content (AvgIpc) is 2.02. The van der Waals surface area contributed by atoms with E-state index in [4.69, 9.17) is 16.7 Å². The van der Waals surface area contributed by atoms with E-state index in [0.29, 0.717) is 0 Å². The Balaban J connectivity index is 0.00000169. The van der Waals surface area contributed by atoms with Crippen LogP contribution < -0.4 is 34.7 Å². The summed E-state index contributed by atoms with van der Waals surface area (Å²) in [5.74, 6) is -2.94. The molecule has 1 aromatic rings. The number of carboxylic acid groups (broad SMARTS) is 2. The molecule has 0 atom stereocenters. The Bertz CT molecular complexity index is 378. The summed E-state index contributed by atoms with van der Waals surface area (Å²) in [5.41, 5.74) is -0.857. The second kappa shape index (κ2) is 5.36. The summed E-state index contributed by atoms with van der Waals surface area (Å²) in [6.07, 6.45) is 0. The molecule has 0 aromatic heterocycles. The molecule has 0 unspecified atom stereocenters. The summed E-state index contributed by atoms with van der Waals surface area (Å²) in [7, 11) is 0. The zero-order valence-electron chi connectivity index (χ0n) is 7.28. The first-order chi connectivity index (χ1) is 6.04. The fourth-order valence-corrected chi connectivity index (χ4v) is 1.16. The Morgan fingerprint density at radius 1 is 1.36 bits per heavy atom. The molecule has 1 aromatic carbocycles. The summed E-state index contributed by atoms with van der Waals surface area (Å²) in [5, 5.41) is 18.9. The minimum atomic E-state index is -1.59. The Kier molecular flexibility index (Phi) is 5.15. The molecule has 1 rings (SSSR count). The number of hydrogen-bond acceptors (Lipinski definition) is 3. The third-order valence-corrected chi connectivity index (χ3v) is 1.76. The van der Waals surface area contributed by atoms with Crippen LogP contribution >= 0.6 is 11.6 Å². The number of benzene rings is 1.